The Morgan fingerprint density at radius 2 is 2.00 bits per heavy atom. The first-order chi connectivity index (χ1) is 9.76. The summed E-state index contributed by atoms with van der Waals surface area (Å²) in [6, 6.07) is 6.08. The molecular weight excluding hydrogens is 253 g/mol. The zero-order chi connectivity index (χ0) is 13.9. The van der Waals surface area contributed by atoms with Crippen molar-refractivity contribution in [3.8, 4) is 0 Å². The van der Waals surface area contributed by atoms with Crippen molar-refractivity contribution in [3.63, 3.8) is 0 Å². The fourth-order valence-corrected chi connectivity index (χ4v) is 3.50. The van der Waals surface area contributed by atoms with Crippen LogP contribution in [0.1, 0.15) is 30.4 Å². The fourth-order valence-electron chi connectivity index (χ4n) is 3.50. The van der Waals surface area contributed by atoms with Gasteiger partial charge in [0.25, 0.3) is 0 Å². The Balaban J connectivity index is 1.58. The third kappa shape index (κ3) is 3.03. The predicted molar refractivity (Wildman–Crippen MR) is 78.8 cm³/mol. The molecule has 2 N–H and O–H groups in total. The molecule has 0 radical (unpaired) electrons. The van der Waals surface area contributed by atoms with E-state index in [0.717, 1.165) is 25.7 Å². The summed E-state index contributed by atoms with van der Waals surface area (Å²) >= 11 is 0. The maximum atomic E-state index is 13.4. The first-order valence-electron chi connectivity index (χ1n) is 7.70. The van der Waals surface area contributed by atoms with Crippen molar-refractivity contribution < 1.29 is 4.39 Å². The van der Waals surface area contributed by atoms with Gasteiger partial charge in [-0.3, -0.25) is 9.80 Å². The Hall–Kier alpha value is -0.970. The Kier molecular flexibility index (Phi) is 4.34. The van der Waals surface area contributed by atoms with E-state index in [4.69, 9.17) is 5.73 Å². The van der Waals surface area contributed by atoms with Crippen molar-refractivity contribution >= 4 is 0 Å². The highest BCUT2D eigenvalue weighted by Crippen LogP contribution is 2.22. The molecule has 2 heterocycles. The average molecular weight is 277 g/mol. The van der Waals surface area contributed by atoms with E-state index in [0.29, 0.717) is 5.56 Å². The summed E-state index contributed by atoms with van der Waals surface area (Å²) in [7, 11) is 0. The number of benzene rings is 1. The molecule has 0 aromatic heterocycles. The summed E-state index contributed by atoms with van der Waals surface area (Å²) in [5, 5.41) is 0. The summed E-state index contributed by atoms with van der Waals surface area (Å²) in [4.78, 5) is 5.12. The van der Waals surface area contributed by atoms with E-state index in [9.17, 15) is 4.39 Å². The molecule has 0 bridgehead atoms. The molecule has 20 heavy (non-hydrogen) atoms. The number of hydrogen-bond donors (Lipinski definition) is 1. The SMILES string of the molecule is NCc1cc(CN2CCC(N3CCCC3)C2)ccc1F. The molecule has 0 amide bonds. The number of nitrogens with two attached hydrogens (primary N) is 1. The third-order valence-electron chi connectivity index (χ3n) is 4.64. The Morgan fingerprint density at radius 3 is 2.75 bits per heavy atom. The van der Waals surface area contributed by atoms with E-state index in [1.54, 1.807) is 6.07 Å². The molecule has 1 unspecified atom stereocenters. The topological polar surface area (TPSA) is 32.5 Å². The van der Waals surface area contributed by atoms with Gasteiger partial charge in [0, 0.05) is 37.8 Å². The molecule has 4 heteroatoms. The fraction of sp³-hybridized carbons (Fsp3) is 0.625. The van der Waals surface area contributed by atoms with E-state index < -0.39 is 0 Å². The van der Waals surface area contributed by atoms with Gasteiger partial charge >= 0.3 is 0 Å². The van der Waals surface area contributed by atoms with Crippen LogP contribution in [0.5, 0.6) is 0 Å². The summed E-state index contributed by atoms with van der Waals surface area (Å²) in [6.07, 6.45) is 3.98. The van der Waals surface area contributed by atoms with Crippen molar-refractivity contribution in [2.75, 3.05) is 26.2 Å². The minimum Gasteiger partial charge on any atom is -0.326 e. The highest BCUT2D eigenvalue weighted by atomic mass is 19.1. The van der Waals surface area contributed by atoms with Gasteiger partial charge < -0.3 is 5.73 Å². The number of hydrogen-bond acceptors (Lipinski definition) is 3. The van der Waals surface area contributed by atoms with E-state index in [1.165, 1.54) is 37.9 Å². The lowest BCUT2D eigenvalue weighted by atomic mass is 10.1. The Labute approximate surface area is 120 Å². The van der Waals surface area contributed by atoms with Crippen LogP contribution in [0, 0.1) is 5.82 Å². The normalized spacial score (nSPS) is 24.6. The van der Waals surface area contributed by atoms with Crippen LogP contribution in [0.3, 0.4) is 0 Å². The first-order valence-corrected chi connectivity index (χ1v) is 7.70. The monoisotopic (exact) mass is 277 g/mol. The van der Waals surface area contributed by atoms with Crippen molar-refractivity contribution in [2.24, 2.45) is 5.73 Å². The summed E-state index contributed by atoms with van der Waals surface area (Å²) in [5.41, 5.74) is 7.37. The Morgan fingerprint density at radius 1 is 1.20 bits per heavy atom. The van der Waals surface area contributed by atoms with Crippen LogP contribution in [-0.2, 0) is 13.1 Å². The van der Waals surface area contributed by atoms with Gasteiger partial charge in [-0.15, -0.1) is 0 Å². The molecule has 0 spiro atoms. The second-order valence-corrected chi connectivity index (χ2v) is 6.05. The number of rotatable bonds is 4. The third-order valence-corrected chi connectivity index (χ3v) is 4.64. The lowest BCUT2D eigenvalue weighted by Gasteiger charge is -2.23. The van der Waals surface area contributed by atoms with Gasteiger partial charge in [-0.05, 0) is 44.0 Å². The van der Waals surface area contributed by atoms with Crippen molar-refractivity contribution in [2.45, 2.75) is 38.4 Å². The number of halogens is 1. The van der Waals surface area contributed by atoms with E-state index >= 15 is 0 Å². The number of nitrogens with zero attached hydrogens (tertiary/aromatic N) is 2. The van der Waals surface area contributed by atoms with Gasteiger partial charge in [0.2, 0.25) is 0 Å². The smallest absolute Gasteiger partial charge is 0.127 e. The van der Waals surface area contributed by atoms with Crippen LogP contribution in [0.2, 0.25) is 0 Å². The van der Waals surface area contributed by atoms with Gasteiger partial charge in [0.15, 0.2) is 0 Å². The molecule has 2 saturated heterocycles. The molecule has 3 rings (SSSR count). The standard InChI is InChI=1S/C16H24FN3/c17-16-4-3-13(9-14(16)10-18)11-19-8-5-15(12-19)20-6-1-2-7-20/h3-4,9,15H,1-2,5-8,10-12,18H2. The summed E-state index contributed by atoms with van der Waals surface area (Å²) in [6.45, 7) is 6.03. The van der Waals surface area contributed by atoms with Crippen LogP contribution in [-0.4, -0.2) is 42.0 Å². The summed E-state index contributed by atoms with van der Waals surface area (Å²) < 4.78 is 13.4. The molecule has 0 aliphatic carbocycles. The summed E-state index contributed by atoms with van der Waals surface area (Å²) in [5.74, 6) is -0.187. The highest BCUT2D eigenvalue weighted by Gasteiger charge is 2.29. The molecule has 2 fully saturated rings. The van der Waals surface area contributed by atoms with Crippen molar-refractivity contribution in [1.82, 2.24) is 9.80 Å². The van der Waals surface area contributed by atoms with Crippen LogP contribution >= 0.6 is 0 Å². The largest absolute Gasteiger partial charge is 0.326 e. The van der Waals surface area contributed by atoms with Crippen molar-refractivity contribution in [1.29, 1.82) is 0 Å². The molecule has 1 aromatic rings. The zero-order valence-corrected chi connectivity index (χ0v) is 12.0. The van der Waals surface area contributed by atoms with Gasteiger partial charge in [-0.2, -0.15) is 0 Å². The lowest BCUT2D eigenvalue weighted by Crippen LogP contribution is -2.35. The second-order valence-electron chi connectivity index (χ2n) is 6.05. The molecule has 3 nitrogen and oxygen atoms in total. The second kappa shape index (κ2) is 6.20. The van der Waals surface area contributed by atoms with Crippen LogP contribution in [0.15, 0.2) is 18.2 Å². The van der Waals surface area contributed by atoms with Gasteiger partial charge in [-0.1, -0.05) is 12.1 Å². The van der Waals surface area contributed by atoms with Crippen LogP contribution < -0.4 is 5.73 Å². The lowest BCUT2D eigenvalue weighted by molar-refractivity contribution is 0.230. The molecule has 1 aromatic carbocycles. The quantitative estimate of drug-likeness (QED) is 0.913. The van der Waals surface area contributed by atoms with E-state index in [-0.39, 0.29) is 12.4 Å². The van der Waals surface area contributed by atoms with Crippen molar-refractivity contribution in [3.05, 3.63) is 35.1 Å². The van der Waals surface area contributed by atoms with E-state index in [1.807, 2.05) is 12.1 Å². The molecule has 2 aliphatic heterocycles. The van der Waals surface area contributed by atoms with Gasteiger partial charge in [-0.25, -0.2) is 4.39 Å². The maximum Gasteiger partial charge on any atom is 0.127 e. The minimum absolute atomic E-state index is 0.187. The Bertz CT molecular complexity index is 457. The molecule has 0 saturated carbocycles. The maximum absolute atomic E-state index is 13.4. The molecule has 1 atom stereocenters. The van der Waals surface area contributed by atoms with E-state index in [2.05, 4.69) is 9.80 Å². The average Bonchev–Trinajstić information content (AvgIpc) is 3.11. The van der Waals surface area contributed by atoms with Crippen LogP contribution in [0.25, 0.3) is 0 Å². The minimum atomic E-state index is -0.187. The van der Waals surface area contributed by atoms with Gasteiger partial charge in [0.1, 0.15) is 5.82 Å². The molecule has 110 valence electrons. The highest BCUT2D eigenvalue weighted by molar-refractivity contribution is 5.25. The zero-order valence-electron chi connectivity index (χ0n) is 12.0. The predicted octanol–water partition coefficient (Wildman–Crippen LogP) is 1.95. The van der Waals surface area contributed by atoms with Gasteiger partial charge in [0.05, 0.1) is 0 Å². The first kappa shape index (κ1) is 14.0. The van der Waals surface area contributed by atoms with Crippen LogP contribution in [0.4, 0.5) is 4.39 Å². The molecular formula is C16H24FN3. The number of likely N-dealkylation sites (tertiary alicyclic amines) is 2. The molecule has 2 aliphatic rings.